The molecule has 2 amide bonds. The lowest BCUT2D eigenvalue weighted by atomic mass is 10.1. The second-order valence-electron chi connectivity index (χ2n) is 6.73. The van der Waals surface area contributed by atoms with E-state index in [0.717, 1.165) is 11.1 Å². The maximum Gasteiger partial charge on any atom is 0.308 e. The molecule has 0 aliphatic rings. The summed E-state index contributed by atoms with van der Waals surface area (Å²) in [4.78, 5) is 35.9. The number of ether oxygens (including phenoxy) is 2. The summed E-state index contributed by atoms with van der Waals surface area (Å²) in [6.07, 6.45) is -0.358. The van der Waals surface area contributed by atoms with Crippen molar-refractivity contribution in [2.24, 2.45) is 0 Å². The Morgan fingerprint density at radius 2 is 1.83 bits per heavy atom. The molecule has 3 N–H and O–H groups in total. The molecule has 8 heteroatoms. The maximum atomic E-state index is 12.3. The SMILES string of the molecule is COC(=O)CC(CNC(=O)c1ccc(NC(=O)Cc2ccccc2C)cc1O)OC. The number of amides is 2. The monoisotopic (exact) mass is 414 g/mol. The number of phenolic OH excluding ortho intramolecular Hbond substituents is 1. The lowest BCUT2D eigenvalue weighted by Gasteiger charge is -2.15. The summed E-state index contributed by atoms with van der Waals surface area (Å²) in [5, 5.41) is 15.5. The Hall–Kier alpha value is -3.39. The molecule has 0 aliphatic heterocycles. The fourth-order valence-corrected chi connectivity index (χ4v) is 2.80. The summed E-state index contributed by atoms with van der Waals surface area (Å²) in [6.45, 7) is 2.00. The highest BCUT2D eigenvalue weighted by Gasteiger charge is 2.17. The first kappa shape index (κ1) is 22.9. The summed E-state index contributed by atoms with van der Waals surface area (Å²) in [6, 6.07) is 11.8. The number of methoxy groups -OCH3 is 2. The minimum absolute atomic E-state index is 0.00881. The second kappa shape index (κ2) is 11.0. The summed E-state index contributed by atoms with van der Waals surface area (Å²) in [5.41, 5.74) is 2.35. The first-order chi connectivity index (χ1) is 14.3. The van der Waals surface area contributed by atoms with Gasteiger partial charge in [0.1, 0.15) is 5.75 Å². The van der Waals surface area contributed by atoms with Crippen molar-refractivity contribution >= 4 is 23.5 Å². The average molecular weight is 414 g/mol. The molecule has 0 fully saturated rings. The van der Waals surface area contributed by atoms with E-state index in [9.17, 15) is 19.5 Å². The van der Waals surface area contributed by atoms with Crippen molar-refractivity contribution in [3.05, 3.63) is 59.2 Å². The number of carbonyl (C=O) groups excluding carboxylic acids is 3. The van der Waals surface area contributed by atoms with Gasteiger partial charge < -0.3 is 25.2 Å². The number of rotatable bonds is 9. The number of hydrogen-bond acceptors (Lipinski definition) is 6. The smallest absolute Gasteiger partial charge is 0.308 e. The topological polar surface area (TPSA) is 114 Å². The van der Waals surface area contributed by atoms with Gasteiger partial charge in [-0.2, -0.15) is 0 Å². The van der Waals surface area contributed by atoms with Crippen LogP contribution in [0.3, 0.4) is 0 Å². The highest BCUT2D eigenvalue weighted by Crippen LogP contribution is 2.22. The zero-order chi connectivity index (χ0) is 22.1. The Bertz CT molecular complexity index is 912. The van der Waals surface area contributed by atoms with Crippen molar-refractivity contribution < 1.29 is 29.0 Å². The number of anilines is 1. The van der Waals surface area contributed by atoms with Gasteiger partial charge in [-0.15, -0.1) is 0 Å². The lowest BCUT2D eigenvalue weighted by Crippen LogP contribution is -2.34. The van der Waals surface area contributed by atoms with Gasteiger partial charge in [0, 0.05) is 25.4 Å². The lowest BCUT2D eigenvalue weighted by molar-refractivity contribution is -0.143. The quantitative estimate of drug-likeness (QED) is 0.542. The van der Waals surface area contributed by atoms with Gasteiger partial charge in [0.25, 0.3) is 5.91 Å². The van der Waals surface area contributed by atoms with Crippen LogP contribution >= 0.6 is 0 Å². The molecule has 0 saturated heterocycles. The van der Waals surface area contributed by atoms with E-state index in [4.69, 9.17) is 4.74 Å². The van der Waals surface area contributed by atoms with Crippen molar-refractivity contribution in [1.29, 1.82) is 0 Å². The van der Waals surface area contributed by atoms with Gasteiger partial charge in [0.05, 0.1) is 31.6 Å². The molecule has 2 aromatic carbocycles. The van der Waals surface area contributed by atoms with E-state index in [1.165, 1.54) is 32.4 Å². The molecule has 2 aromatic rings. The van der Waals surface area contributed by atoms with Crippen molar-refractivity contribution in [3.63, 3.8) is 0 Å². The molecule has 2 rings (SSSR count). The average Bonchev–Trinajstić information content (AvgIpc) is 2.72. The molecule has 0 saturated carbocycles. The minimum Gasteiger partial charge on any atom is -0.507 e. The Balaban J connectivity index is 1.95. The van der Waals surface area contributed by atoms with Gasteiger partial charge in [-0.3, -0.25) is 14.4 Å². The van der Waals surface area contributed by atoms with Crippen LogP contribution in [-0.2, 0) is 25.5 Å². The Morgan fingerprint density at radius 1 is 1.10 bits per heavy atom. The third-order valence-corrected chi connectivity index (χ3v) is 4.58. The summed E-state index contributed by atoms with van der Waals surface area (Å²) in [7, 11) is 2.69. The van der Waals surface area contributed by atoms with Crippen LogP contribution in [0.15, 0.2) is 42.5 Å². The van der Waals surface area contributed by atoms with Gasteiger partial charge in [-0.25, -0.2) is 0 Å². The number of benzene rings is 2. The third-order valence-electron chi connectivity index (χ3n) is 4.58. The number of nitrogens with one attached hydrogen (secondary N) is 2. The van der Waals surface area contributed by atoms with Gasteiger partial charge in [0.2, 0.25) is 5.91 Å². The highest BCUT2D eigenvalue weighted by molar-refractivity contribution is 5.98. The van der Waals surface area contributed by atoms with Crippen LogP contribution in [0.4, 0.5) is 5.69 Å². The van der Waals surface area contributed by atoms with E-state index in [1.807, 2.05) is 31.2 Å². The van der Waals surface area contributed by atoms with E-state index in [2.05, 4.69) is 15.4 Å². The molecule has 1 atom stereocenters. The van der Waals surface area contributed by atoms with Crippen LogP contribution in [-0.4, -0.2) is 49.8 Å². The van der Waals surface area contributed by atoms with Crippen LogP contribution in [0.5, 0.6) is 5.75 Å². The van der Waals surface area contributed by atoms with Gasteiger partial charge in [-0.1, -0.05) is 24.3 Å². The van der Waals surface area contributed by atoms with Gasteiger partial charge in [0.15, 0.2) is 0 Å². The number of phenols is 1. The molecule has 0 heterocycles. The van der Waals surface area contributed by atoms with Crippen LogP contribution in [0.1, 0.15) is 27.9 Å². The fourth-order valence-electron chi connectivity index (χ4n) is 2.80. The maximum absolute atomic E-state index is 12.3. The Morgan fingerprint density at radius 3 is 2.47 bits per heavy atom. The molecular formula is C22H26N2O6. The van der Waals surface area contributed by atoms with Gasteiger partial charge >= 0.3 is 5.97 Å². The predicted octanol–water partition coefficient (Wildman–Crippen LogP) is 2.19. The van der Waals surface area contributed by atoms with E-state index in [-0.39, 0.29) is 36.6 Å². The molecule has 0 bridgehead atoms. The van der Waals surface area contributed by atoms with Crippen molar-refractivity contribution in [2.75, 3.05) is 26.1 Å². The number of carbonyl (C=O) groups is 3. The zero-order valence-electron chi connectivity index (χ0n) is 17.2. The van der Waals surface area contributed by atoms with Crippen molar-refractivity contribution in [1.82, 2.24) is 5.32 Å². The van der Waals surface area contributed by atoms with Crippen LogP contribution in [0, 0.1) is 6.92 Å². The normalized spacial score (nSPS) is 11.4. The molecule has 0 spiro atoms. The molecule has 30 heavy (non-hydrogen) atoms. The fraction of sp³-hybridized carbons (Fsp3) is 0.318. The second-order valence-corrected chi connectivity index (χ2v) is 6.73. The summed E-state index contributed by atoms with van der Waals surface area (Å²) in [5.74, 6) is -1.49. The van der Waals surface area contributed by atoms with Crippen LogP contribution in [0.2, 0.25) is 0 Å². The standard InChI is InChI=1S/C22H26N2O6/c1-14-6-4-5-7-15(14)10-20(26)24-16-8-9-18(19(25)11-16)22(28)23-13-17(29-2)12-21(27)30-3/h4-9,11,17,25H,10,12-13H2,1-3H3,(H,23,28)(H,24,26). The first-order valence-corrected chi connectivity index (χ1v) is 9.39. The molecule has 1 unspecified atom stereocenters. The molecule has 0 radical (unpaired) electrons. The molecule has 0 aliphatic carbocycles. The van der Waals surface area contributed by atoms with Crippen LogP contribution < -0.4 is 10.6 Å². The molecular weight excluding hydrogens is 388 g/mol. The Labute approximate surface area is 175 Å². The number of hydrogen-bond donors (Lipinski definition) is 3. The van der Waals surface area contributed by atoms with Crippen LogP contribution in [0.25, 0.3) is 0 Å². The number of esters is 1. The predicted molar refractivity (Wildman–Crippen MR) is 111 cm³/mol. The largest absolute Gasteiger partial charge is 0.507 e. The number of aromatic hydroxyl groups is 1. The van der Waals surface area contributed by atoms with E-state index >= 15 is 0 Å². The molecule has 8 nitrogen and oxygen atoms in total. The molecule has 160 valence electrons. The zero-order valence-corrected chi connectivity index (χ0v) is 17.2. The van der Waals surface area contributed by atoms with Crippen molar-refractivity contribution in [2.45, 2.75) is 25.9 Å². The molecule has 0 aromatic heterocycles. The van der Waals surface area contributed by atoms with Crippen molar-refractivity contribution in [3.8, 4) is 5.75 Å². The van der Waals surface area contributed by atoms with E-state index in [0.29, 0.717) is 5.69 Å². The Kier molecular flexibility index (Phi) is 8.37. The third kappa shape index (κ3) is 6.59. The van der Waals surface area contributed by atoms with E-state index < -0.39 is 18.0 Å². The van der Waals surface area contributed by atoms with Gasteiger partial charge in [-0.05, 0) is 30.2 Å². The highest BCUT2D eigenvalue weighted by atomic mass is 16.5. The van der Waals surface area contributed by atoms with E-state index in [1.54, 1.807) is 0 Å². The number of aryl methyl sites for hydroxylation is 1. The summed E-state index contributed by atoms with van der Waals surface area (Å²) >= 11 is 0. The minimum atomic E-state index is -0.552. The first-order valence-electron chi connectivity index (χ1n) is 9.39. The summed E-state index contributed by atoms with van der Waals surface area (Å²) < 4.78 is 9.71.